The standard InChI is InChI=1S/C22H20FN5O3/c23-17-3-1-2-4-19(17)28-11-9-18(26-28)21(30)25-13-15-5-7-16(8-6-15)22(31)27-12-10-24-20(29)14-27/h1-9,11H,10,12-14H2,(H,24,29)(H,25,30). The summed E-state index contributed by atoms with van der Waals surface area (Å²) in [5.74, 6) is -1.20. The topological polar surface area (TPSA) is 96.3 Å². The van der Waals surface area contributed by atoms with Gasteiger partial charge in [0.05, 0.1) is 6.54 Å². The van der Waals surface area contributed by atoms with Crippen LogP contribution in [0.15, 0.2) is 60.8 Å². The predicted octanol–water partition coefficient (Wildman–Crippen LogP) is 1.51. The minimum atomic E-state index is -0.433. The first kappa shape index (κ1) is 20.3. The highest BCUT2D eigenvalue weighted by Gasteiger charge is 2.22. The van der Waals surface area contributed by atoms with Crippen molar-refractivity contribution in [3.63, 3.8) is 0 Å². The van der Waals surface area contributed by atoms with Crippen molar-refractivity contribution in [1.29, 1.82) is 0 Å². The fourth-order valence-electron chi connectivity index (χ4n) is 3.25. The molecule has 1 aromatic heterocycles. The van der Waals surface area contributed by atoms with Crippen LogP contribution in [-0.4, -0.2) is 52.0 Å². The van der Waals surface area contributed by atoms with Crippen LogP contribution in [0.25, 0.3) is 5.69 Å². The quantitative estimate of drug-likeness (QED) is 0.653. The molecule has 0 radical (unpaired) electrons. The van der Waals surface area contributed by atoms with Crippen LogP contribution in [0.3, 0.4) is 0 Å². The van der Waals surface area contributed by atoms with E-state index in [2.05, 4.69) is 15.7 Å². The molecular weight excluding hydrogens is 401 g/mol. The molecule has 2 N–H and O–H groups in total. The van der Waals surface area contributed by atoms with Crippen molar-refractivity contribution >= 4 is 17.7 Å². The fraction of sp³-hybridized carbons (Fsp3) is 0.182. The maximum Gasteiger partial charge on any atom is 0.272 e. The van der Waals surface area contributed by atoms with Gasteiger partial charge in [-0.15, -0.1) is 0 Å². The number of para-hydroxylation sites is 1. The van der Waals surface area contributed by atoms with Crippen molar-refractivity contribution in [3.8, 4) is 5.69 Å². The summed E-state index contributed by atoms with van der Waals surface area (Å²) >= 11 is 0. The summed E-state index contributed by atoms with van der Waals surface area (Å²) in [6.07, 6.45) is 1.52. The number of nitrogens with zero attached hydrogens (tertiary/aromatic N) is 3. The van der Waals surface area contributed by atoms with E-state index in [4.69, 9.17) is 0 Å². The number of carbonyl (C=O) groups excluding carboxylic acids is 3. The molecule has 0 bridgehead atoms. The van der Waals surface area contributed by atoms with Gasteiger partial charge in [-0.25, -0.2) is 9.07 Å². The molecule has 0 unspecified atom stereocenters. The highest BCUT2D eigenvalue weighted by molar-refractivity contribution is 5.97. The number of rotatable bonds is 5. The number of carbonyl (C=O) groups is 3. The maximum absolute atomic E-state index is 13.9. The van der Waals surface area contributed by atoms with Crippen molar-refractivity contribution in [2.75, 3.05) is 19.6 Å². The van der Waals surface area contributed by atoms with Gasteiger partial charge in [0, 0.05) is 31.4 Å². The first-order valence-corrected chi connectivity index (χ1v) is 9.75. The maximum atomic E-state index is 13.9. The van der Waals surface area contributed by atoms with E-state index in [-0.39, 0.29) is 36.3 Å². The average molecular weight is 421 g/mol. The molecule has 0 saturated carbocycles. The number of hydrogen-bond donors (Lipinski definition) is 2. The van der Waals surface area contributed by atoms with E-state index in [0.717, 1.165) is 5.56 Å². The first-order chi connectivity index (χ1) is 15.0. The van der Waals surface area contributed by atoms with Gasteiger partial charge in [-0.3, -0.25) is 14.4 Å². The smallest absolute Gasteiger partial charge is 0.272 e. The molecule has 2 aromatic carbocycles. The summed E-state index contributed by atoms with van der Waals surface area (Å²) < 4.78 is 15.2. The Morgan fingerprint density at radius 3 is 2.61 bits per heavy atom. The number of benzene rings is 2. The highest BCUT2D eigenvalue weighted by Crippen LogP contribution is 2.13. The second kappa shape index (κ2) is 8.78. The number of hydrogen-bond acceptors (Lipinski definition) is 4. The van der Waals surface area contributed by atoms with E-state index >= 15 is 0 Å². The number of halogens is 1. The molecule has 31 heavy (non-hydrogen) atoms. The lowest BCUT2D eigenvalue weighted by Gasteiger charge is -2.26. The van der Waals surface area contributed by atoms with Crippen LogP contribution in [-0.2, 0) is 11.3 Å². The van der Waals surface area contributed by atoms with Crippen molar-refractivity contribution in [2.45, 2.75) is 6.54 Å². The van der Waals surface area contributed by atoms with Gasteiger partial charge >= 0.3 is 0 Å². The monoisotopic (exact) mass is 421 g/mol. The van der Waals surface area contributed by atoms with Gasteiger partial charge in [-0.2, -0.15) is 5.10 Å². The van der Waals surface area contributed by atoms with E-state index in [1.54, 1.807) is 42.5 Å². The van der Waals surface area contributed by atoms with Crippen molar-refractivity contribution < 1.29 is 18.8 Å². The third-order valence-electron chi connectivity index (χ3n) is 4.90. The van der Waals surface area contributed by atoms with Crippen LogP contribution in [0.1, 0.15) is 26.4 Å². The van der Waals surface area contributed by atoms with Crippen molar-refractivity contribution in [3.05, 3.63) is 83.4 Å². The molecule has 9 heteroatoms. The molecule has 1 aliphatic heterocycles. The summed E-state index contributed by atoms with van der Waals surface area (Å²) in [6.45, 7) is 1.21. The molecule has 0 aliphatic carbocycles. The van der Waals surface area contributed by atoms with Crippen molar-refractivity contribution in [2.24, 2.45) is 0 Å². The summed E-state index contributed by atoms with van der Waals surface area (Å²) in [4.78, 5) is 37.8. The Morgan fingerprint density at radius 1 is 1.10 bits per heavy atom. The van der Waals surface area contributed by atoms with Crippen LogP contribution >= 0.6 is 0 Å². The van der Waals surface area contributed by atoms with Gasteiger partial charge in [0.1, 0.15) is 11.5 Å². The van der Waals surface area contributed by atoms with E-state index in [1.807, 2.05) is 0 Å². The Bertz CT molecular complexity index is 1130. The Hall–Kier alpha value is -4.01. The summed E-state index contributed by atoms with van der Waals surface area (Å²) in [5.41, 5.74) is 1.70. The second-order valence-electron chi connectivity index (χ2n) is 7.05. The normalized spacial score (nSPS) is 13.6. The number of aromatic nitrogens is 2. The largest absolute Gasteiger partial charge is 0.353 e. The number of piperazine rings is 1. The molecule has 158 valence electrons. The lowest BCUT2D eigenvalue weighted by Crippen LogP contribution is -2.49. The van der Waals surface area contributed by atoms with Gasteiger partial charge in [-0.05, 0) is 35.9 Å². The zero-order valence-electron chi connectivity index (χ0n) is 16.5. The molecule has 0 atom stereocenters. The Kier molecular flexibility index (Phi) is 5.74. The molecule has 8 nitrogen and oxygen atoms in total. The molecule has 4 rings (SSSR count). The molecule has 2 heterocycles. The minimum absolute atomic E-state index is 0.0518. The van der Waals surface area contributed by atoms with Crippen LogP contribution in [0, 0.1) is 5.82 Å². The van der Waals surface area contributed by atoms with E-state index < -0.39 is 11.7 Å². The third kappa shape index (κ3) is 4.61. The van der Waals surface area contributed by atoms with Gasteiger partial charge < -0.3 is 15.5 Å². The summed E-state index contributed by atoms with van der Waals surface area (Å²) in [6, 6.07) is 14.5. The summed E-state index contributed by atoms with van der Waals surface area (Å²) in [7, 11) is 0. The zero-order chi connectivity index (χ0) is 21.8. The fourth-order valence-corrected chi connectivity index (χ4v) is 3.25. The molecule has 3 aromatic rings. The lowest BCUT2D eigenvalue weighted by molar-refractivity contribution is -0.123. The third-order valence-corrected chi connectivity index (χ3v) is 4.90. The van der Waals surface area contributed by atoms with Gasteiger partial charge in [0.2, 0.25) is 5.91 Å². The Labute approximate surface area is 177 Å². The molecule has 1 fully saturated rings. The van der Waals surface area contributed by atoms with E-state index in [9.17, 15) is 18.8 Å². The van der Waals surface area contributed by atoms with Gasteiger partial charge in [0.25, 0.3) is 11.8 Å². The number of amides is 3. The zero-order valence-corrected chi connectivity index (χ0v) is 16.5. The van der Waals surface area contributed by atoms with Gasteiger partial charge in [-0.1, -0.05) is 24.3 Å². The molecule has 3 amide bonds. The Morgan fingerprint density at radius 2 is 1.87 bits per heavy atom. The van der Waals surface area contributed by atoms with E-state index in [0.29, 0.717) is 18.7 Å². The van der Waals surface area contributed by atoms with Crippen molar-refractivity contribution in [1.82, 2.24) is 25.3 Å². The molecule has 1 aliphatic rings. The predicted molar refractivity (Wildman–Crippen MR) is 110 cm³/mol. The average Bonchev–Trinajstić information content (AvgIpc) is 3.28. The Balaban J connectivity index is 1.35. The minimum Gasteiger partial charge on any atom is -0.353 e. The van der Waals surface area contributed by atoms with Crippen LogP contribution in [0.2, 0.25) is 0 Å². The summed E-state index contributed by atoms with van der Waals surface area (Å²) in [5, 5.41) is 9.57. The van der Waals surface area contributed by atoms with Crippen LogP contribution in [0.5, 0.6) is 0 Å². The molecule has 1 saturated heterocycles. The van der Waals surface area contributed by atoms with Crippen LogP contribution < -0.4 is 10.6 Å². The highest BCUT2D eigenvalue weighted by atomic mass is 19.1. The molecule has 0 spiro atoms. The van der Waals surface area contributed by atoms with E-state index in [1.165, 1.54) is 27.9 Å². The molecular formula is C22H20FN5O3. The van der Waals surface area contributed by atoms with Gasteiger partial charge in [0.15, 0.2) is 5.69 Å². The number of nitrogens with one attached hydrogen (secondary N) is 2. The SMILES string of the molecule is O=C1CN(C(=O)c2ccc(CNC(=O)c3ccn(-c4ccccc4F)n3)cc2)CCN1. The first-order valence-electron chi connectivity index (χ1n) is 9.75. The lowest BCUT2D eigenvalue weighted by atomic mass is 10.1. The van der Waals surface area contributed by atoms with Crippen LogP contribution in [0.4, 0.5) is 4.39 Å². The second-order valence-corrected chi connectivity index (χ2v) is 7.05.